The molecule has 0 fully saturated rings. The fourth-order valence-corrected chi connectivity index (χ4v) is 2.79. The van der Waals surface area contributed by atoms with Crippen LogP contribution in [0.2, 0.25) is 0 Å². The third-order valence-corrected chi connectivity index (χ3v) is 4.85. The largest absolute Gasteiger partial charge is 0.257 e. The number of hydrogen-bond acceptors (Lipinski definition) is 2. The number of aliphatic imine (C=N–C) groups is 2. The van der Waals surface area contributed by atoms with Gasteiger partial charge in [0.2, 0.25) is 0 Å². The molecular formula is C16H20N2. The van der Waals surface area contributed by atoms with Crippen molar-refractivity contribution in [1.29, 1.82) is 0 Å². The minimum absolute atomic E-state index is 0.0422. The molecule has 1 aromatic carbocycles. The van der Waals surface area contributed by atoms with Crippen LogP contribution in [-0.4, -0.2) is 11.4 Å². The molecule has 0 spiro atoms. The van der Waals surface area contributed by atoms with Crippen molar-refractivity contribution in [3.63, 3.8) is 0 Å². The van der Waals surface area contributed by atoms with E-state index >= 15 is 0 Å². The zero-order valence-corrected chi connectivity index (χ0v) is 12.0. The molecular weight excluding hydrogens is 220 g/mol. The quantitative estimate of drug-likeness (QED) is 0.640. The molecule has 0 radical (unpaired) electrons. The summed E-state index contributed by atoms with van der Waals surface area (Å²) in [6, 6.07) is 4.48. The second-order valence-corrected chi connectivity index (χ2v) is 6.53. The maximum absolute atomic E-state index is 4.74. The third kappa shape index (κ3) is 1.23. The van der Waals surface area contributed by atoms with Crippen molar-refractivity contribution in [2.75, 3.05) is 0 Å². The van der Waals surface area contributed by atoms with Crippen LogP contribution in [-0.2, 0) is 10.8 Å². The lowest BCUT2D eigenvalue weighted by atomic mass is 9.78. The summed E-state index contributed by atoms with van der Waals surface area (Å²) in [5, 5.41) is 0. The van der Waals surface area contributed by atoms with Gasteiger partial charge in [-0.05, 0) is 37.1 Å². The van der Waals surface area contributed by atoms with E-state index in [9.17, 15) is 0 Å². The lowest BCUT2D eigenvalue weighted by Gasteiger charge is -2.23. The molecule has 0 amide bonds. The van der Waals surface area contributed by atoms with Gasteiger partial charge in [0.1, 0.15) is 0 Å². The first-order valence-corrected chi connectivity index (χ1v) is 6.55. The van der Waals surface area contributed by atoms with E-state index in [4.69, 9.17) is 9.98 Å². The van der Waals surface area contributed by atoms with Gasteiger partial charge in [-0.2, -0.15) is 0 Å². The third-order valence-electron chi connectivity index (χ3n) is 4.85. The molecule has 1 aromatic rings. The maximum Gasteiger partial charge on any atom is 0.0675 e. The van der Waals surface area contributed by atoms with Crippen LogP contribution in [0.4, 0.5) is 11.4 Å². The summed E-state index contributed by atoms with van der Waals surface area (Å²) < 4.78 is 0. The Kier molecular flexibility index (Phi) is 2.01. The Hall–Kier alpha value is -1.44. The van der Waals surface area contributed by atoms with Crippen molar-refractivity contribution in [3.8, 4) is 0 Å². The van der Waals surface area contributed by atoms with Gasteiger partial charge in [-0.3, -0.25) is 9.98 Å². The Morgan fingerprint density at radius 1 is 0.722 bits per heavy atom. The highest BCUT2D eigenvalue weighted by Crippen LogP contribution is 2.48. The van der Waals surface area contributed by atoms with Gasteiger partial charge in [-0.15, -0.1) is 0 Å². The summed E-state index contributed by atoms with van der Waals surface area (Å²) in [5.74, 6) is 0. The van der Waals surface area contributed by atoms with E-state index in [1.807, 2.05) is 0 Å². The van der Waals surface area contributed by atoms with Crippen LogP contribution in [0, 0.1) is 0 Å². The molecule has 0 aliphatic carbocycles. The van der Waals surface area contributed by atoms with Crippen LogP contribution in [0.15, 0.2) is 22.1 Å². The molecule has 2 aliphatic rings. The Bertz CT molecular complexity index is 560. The van der Waals surface area contributed by atoms with E-state index < -0.39 is 0 Å². The molecule has 0 saturated heterocycles. The van der Waals surface area contributed by atoms with Crippen molar-refractivity contribution in [3.05, 3.63) is 23.3 Å². The lowest BCUT2D eigenvalue weighted by molar-refractivity contribution is 0.723. The van der Waals surface area contributed by atoms with Gasteiger partial charge in [0, 0.05) is 22.3 Å². The summed E-state index contributed by atoms with van der Waals surface area (Å²) in [4.78, 5) is 9.48. The fraction of sp³-hybridized carbons (Fsp3) is 0.500. The minimum Gasteiger partial charge on any atom is -0.257 e. The predicted molar refractivity (Wildman–Crippen MR) is 78.0 cm³/mol. The molecule has 0 saturated carbocycles. The highest BCUT2D eigenvalue weighted by atomic mass is 14.9. The first kappa shape index (κ1) is 11.6. The van der Waals surface area contributed by atoms with Crippen molar-refractivity contribution in [2.45, 2.75) is 52.4 Å². The maximum atomic E-state index is 4.74. The molecule has 0 atom stereocenters. The molecule has 2 aliphatic heterocycles. The Morgan fingerprint density at radius 3 is 1.39 bits per heavy atom. The van der Waals surface area contributed by atoms with Crippen molar-refractivity contribution >= 4 is 22.8 Å². The van der Waals surface area contributed by atoms with Crippen molar-refractivity contribution < 1.29 is 0 Å². The van der Waals surface area contributed by atoms with Crippen LogP contribution in [0.5, 0.6) is 0 Å². The molecule has 2 heteroatoms. The zero-order chi connectivity index (χ0) is 13.3. The van der Waals surface area contributed by atoms with Gasteiger partial charge in [-0.1, -0.05) is 27.7 Å². The van der Waals surface area contributed by atoms with Gasteiger partial charge in [0.05, 0.1) is 11.4 Å². The van der Waals surface area contributed by atoms with Crippen LogP contribution in [0.3, 0.4) is 0 Å². The summed E-state index contributed by atoms with van der Waals surface area (Å²) in [6.45, 7) is 13.2. The molecule has 2 heterocycles. The fourth-order valence-electron chi connectivity index (χ4n) is 2.79. The van der Waals surface area contributed by atoms with Crippen LogP contribution in [0.1, 0.15) is 52.7 Å². The Morgan fingerprint density at radius 2 is 1.06 bits per heavy atom. The van der Waals surface area contributed by atoms with E-state index in [1.54, 1.807) is 0 Å². The number of nitrogens with zero attached hydrogens (tertiary/aromatic N) is 2. The molecule has 2 nitrogen and oxygen atoms in total. The number of benzene rings is 1. The van der Waals surface area contributed by atoms with Gasteiger partial charge in [-0.25, -0.2) is 0 Å². The standard InChI is InChI=1S/C16H20N2/c1-9-15(3,4)11-7-14-12(8-13(11)17-9)16(5,6)10(2)18-14/h7-8H,1-6H3. The predicted octanol–water partition coefficient (Wildman–Crippen LogP) is 4.45. The molecule has 94 valence electrons. The lowest BCUT2D eigenvalue weighted by Crippen LogP contribution is -2.23. The van der Waals surface area contributed by atoms with Crippen molar-refractivity contribution in [1.82, 2.24) is 0 Å². The molecule has 0 bridgehead atoms. The molecule has 0 unspecified atom stereocenters. The summed E-state index contributed by atoms with van der Waals surface area (Å²) in [5.41, 5.74) is 7.37. The average molecular weight is 240 g/mol. The zero-order valence-electron chi connectivity index (χ0n) is 12.0. The highest BCUT2D eigenvalue weighted by Gasteiger charge is 2.38. The van der Waals surface area contributed by atoms with Crippen LogP contribution in [0.25, 0.3) is 0 Å². The van der Waals surface area contributed by atoms with Crippen molar-refractivity contribution in [2.24, 2.45) is 9.98 Å². The van der Waals surface area contributed by atoms with E-state index in [0.717, 1.165) is 11.4 Å². The number of fused-ring (bicyclic) bond motifs is 2. The van der Waals surface area contributed by atoms with E-state index in [1.165, 1.54) is 22.6 Å². The summed E-state index contributed by atoms with van der Waals surface area (Å²) in [6.07, 6.45) is 0. The van der Waals surface area contributed by atoms with Crippen LogP contribution < -0.4 is 0 Å². The highest BCUT2D eigenvalue weighted by molar-refractivity contribution is 6.03. The second kappa shape index (κ2) is 3.11. The van der Waals surface area contributed by atoms with E-state index in [-0.39, 0.29) is 10.8 Å². The van der Waals surface area contributed by atoms with Crippen LogP contribution >= 0.6 is 0 Å². The molecule has 18 heavy (non-hydrogen) atoms. The van der Waals surface area contributed by atoms with E-state index in [2.05, 4.69) is 53.7 Å². The average Bonchev–Trinajstić information content (AvgIpc) is 2.62. The first-order chi connectivity index (χ1) is 8.24. The summed E-state index contributed by atoms with van der Waals surface area (Å²) in [7, 11) is 0. The molecule has 0 N–H and O–H groups in total. The number of hydrogen-bond donors (Lipinski definition) is 0. The van der Waals surface area contributed by atoms with Gasteiger partial charge < -0.3 is 0 Å². The normalized spacial score (nSPS) is 22.3. The number of rotatable bonds is 0. The minimum atomic E-state index is 0.0422. The van der Waals surface area contributed by atoms with Gasteiger partial charge in [0.15, 0.2) is 0 Å². The smallest absolute Gasteiger partial charge is 0.0675 e. The SMILES string of the molecule is CC1=Nc2cc3c(cc2C1(C)C)N=C(C)C3(C)C. The molecule has 3 rings (SSSR count). The van der Waals surface area contributed by atoms with E-state index in [0.29, 0.717) is 0 Å². The topological polar surface area (TPSA) is 24.7 Å². The molecule has 0 aromatic heterocycles. The Labute approximate surface area is 109 Å². The first-order valence-electron chi connectivity index (χ1n) is 6.55. The van der Waals surface area contributed by atoms with Gasteiger partial charge in [0.25, 0.3) is 0 Å². The Balaban J connectivity index is 2.26. The van der Waals surface area contributed by atoms with Gasteiger partial charge >= 0.3 is 0 Å². The summed E-state index contributed by atoms with van der Waals surface area (Å²) >= 11 is 0. The monoisotopic (exact) mass is 240 g/mol. The second-order valence-electron chi connectivity index (χ2n) is 6.53.